The Kier molecular flexibility index (Phi) is 3.93. The third kappa shape index (κ3) is 2.74. The van der Waals surface area contributed by atoms with Crippen molar-refractivity contribution in [3.63, 3.8) is 0 Å². The lowest BCUT2D eigenvalue weighted by molar-refractivity contribution is -0.0281. The van der Waals surface area contributed by atoms with Crippen molar-refractivity contribution in [1.82, 2.24) is 15.1 Å². The number of nitrogens with zero attached hydrogens (tertiary/aromatic N) is 2. The van der Waals surface area contributed by atoms with Gasteiger partial charge in [0.15, 0.2) is 0 Å². The van der Waals surface area contributed by atoms with Crippen LogP contribution in [0.25, 0.3) is 0 Å². The molecule has 3 rings (SSSR count). The zero-order valence-electron chi connectivity index (χ0n) is 10.7. The van der Waals surface area contributed by atoms with Crippen LogP contribution in [0.3, 0.4) is 0 Å². The highest BCUT2D eigenvalue weighted by molar-refractivity contribution is 5.06. The summed E-state index contributed by atoms with van der Waals surface area (Å²) < 4.78 is 11.0. The predicted molar refractivity (Wildman–Crippen MR) is 67.3 cm³/mol. The molecule has 2 fully saturated rings. The van der Waals surface area contributed by atoms with E-state index >= 15 is 0 Å². The molecule has 0 spiro atoms. The monoisotopic (exact) mass is 251 g/mol. The van der Waals surface area contributed by atoms with Gasteiger partial charge in [0, 0.05) is 32.5 Å². The van der Waals surface area contributed by atoms with Crippen LogP contribution >= 0.6 is 0 Å². The summed E-state index contributed by atoms with van der Waals surface area (Å²) in [4.78, 5) is 2.53. The van der Waals surface area contributed by atoms with Gasteiger partial charge >= 0.3 is 0 Å². The third-order valence-electron chi connectivity index (χ3n) is 3.95. The minimum absolute atomic E-state index is 0.337. The number of hydrogen-bond donors (Lipinski definition) is 1. The highest BCUT2D eigenvalue weighted by atomic mass is 16.5. The fourth-order valence-corrected chi connectivity index (χ4v) is 2.86. The summed E-state index contributed by atoms with van der Waals surface area (Å²) >= 11 is 0. The summed E-state index contributed by atoms with van der Waals surface area (Å²) in [5.41, 5.74) is 1.17. The zero-order chi connectivity index (χ0) is 12.2. The maximum absolute atomic E-state index is 5.61. The van der Waals surface area contributed by atoms with Crippen LogP contribution in [0.15, 0.2) is 12.3 Å². The van der Waals surface area contributed by atoms with E-state index in [1.807, 2.05) is 6.20 Å². The molecular weight excluding hydrogens is 230 g/mol. The number of aromatic amines is 1. The Morgan fingerprint density at radius 2 is 2.17 bits per heavy atom. The molecule has 0 bridgehead atoms. The number of morpholine rings is 1. The lowest BCUT2D eigenvalue weighted by atomic mass is 9.98. The Morgan fingerprint density at radius 3 is 2.94 bits per heavy atom. The number of aromatic nitrogens is 2. The van der Waals surface area contributed by atoms with Gasteiger partial charge in [-0.05, 0) is 24.8 Å². The SMILES string of the molecule is c1cc([C@H]2COCCN2CC2CCOCC2)[nH]n1. The van der Waals surface area contributed by atoms with E-state index in [-0.39, 0.29) is 0 Å². The normalized spacial score (nSPS) is 27.4. The second kappa shape index (κ2) is 5.82. The van der Waals surface area contributed by atoms with Gasteiger partial charge in [-0.1, -0.05) is 0 Å². The number of rotatable bonds is 3. The molecule has 0 radical (unpaired) electrons. The molecule has 2 saturated heterocycles. The van der Waals surface area contributed by atoms with Crippen LogP contribution in [0, 0.1) is 5.92 Å². The van der Waals surface area contributed by atoms with Gasteiger partial charge in [-0.15, -0.1) is 0 Å². The van der Waals surface area contributed by atoms with Crippen LogP contribution < -0.4 is 0 Å². The van der Waals surface area contributed by atoms with Crippen molar-refractivity contribution in [1.29, 1.82) is 0 Å². The van der Waals surface area contributed by atoms with Crippen molar-refractivity contribution in [2.75, 3.05) is 39.5 Å². The van der Waals surface area contributed by atoms with Gasteiger partial charge in [-0.3, -0.25) is 10.00 Å². The second-order valence-corrected chi connectivity index (χ2v) is 5.15. The average Bonchev–Trinajstić information content (AvgIpc) is 2.94. The maximum atomic E-state index is 5.61. The molecule has 1 atom stereocenters. The Labute approximate surface area is 107 Å². The Balaban J connectivity index is 1.64. The number of hydrogen-bond acceptors (Lipinski definition) is 4. The van der Waals surface area contributed by atoms with Gasteiger partial charge in [0.25, 0.3) is 0 Å². The van der Waals surface area contributed by atoms with Crippen LogP contribution in [-0.4, -0.2) is 54.6 Å². The van der Waals surface area contributed by atoms with Gasteiger partial charge in [-0.25, -0.2) is 0 Å². The fraction of sp³-hybridized carbons (Fsp3) is 0.769. The Bertz CT molecular complexity index is 349. The van der Waals surface area contributed by atoms with Crippen LogP contribution in [-0.2, 0) is 9.47 Å². The molecule has 0 unspecified atom stereocenters. The van der Waals surface area contributed by atoms with E-state index in [1.165, 1.54) is 18.5 Å². The molecule has 1 aromatic rings. The van der Waals surface area contributed by atoms with Crippen LogP contribution in [0.2, 0.25) is 0 Å². The Morgan fingerprint density at radius 1 is 1.28 bits per heavy atom. The quantitative estimate of drug-likeness (QED) is 0.877. The van der Waals surface area contributed by atoms with Crippen molar-refractivity contribution in [3.8, 4) is 0 Å². The molecule has 3 heterocycles. The largest absolute Gasteiger partial charge is 0.381 e. The molecule has 2 aliphatic heterocycles. The van der Waals surface area contributed by atoms with E-state index in [0.29, 0.717) is 6.04 Å². The summed E-state index contributed by atoms with van der Waals surface area (Å²) in [6.45, 7) is 5.62. The standard InChI is InChI=1S/C13H21N3O2/c1-4-14-15-12(1)13-10-18-8-5-16(13)9-11-2-6-17-7-3-11/h1,4,11,13H,2-3,5-10H2,(H,14,15)/t13-/m1/s1. The number of H-pyrrole nitrogens is 1. The first-order valence-electron chi connectivity index (χ1n) is 6.82. The van der Waals surface area contributed by atoms with Crippen molar-refractivity contribution >= 4 is 0 Å². The molecule has 1 N–H and O–H groups in total. The van der Waals surface area contributed by atoms with E-state index in [1.54, 1.807) is 0 Å². The van der Waals surface area contributed by atoms with Crippen molar-refractivity contribution in [3.05, 3.63) is 18.0 Å². The van der Waals surface area contributed by atoms with Gasteiger partial charge in [0.1, 0.15) is 0 Å². The summed E-state index contributed by atoms with van der Waals surface area (Å²) in [5.74, 6) is 0.766. The molecule has 0 saturated carbocycles. The minimum atomic E-state index is 0.337. The smallest absolute Gasteiger partial charge is 0.0752 e. The van der Waals surface area contributed by atoms with Crippen LogP contribution in [0.5, 0.6) is 0 Å². The molecule has 0 aliphatic carbocycles. The van der Waals surface area contributed by atoms with Crippen molar-refractivity contribution < 1.29 is 9.47 Å². The van der Waals surface area contributed by atoms with E-state index in [9.17, 15) is 0 Å². The molecule has 5 nitrogen and oxygen atoms in total. The molecule has 5 heteroatoms. The van der Waals surface area contributed by atoms with Gasteiger partial charge in [0.2, 0.25) is 0 Å². The van der Waals surface area contributed by atoms with Crippen LogP contribution in [0.1, 0.15) is 24.6 Å². The van der Waals surface area contributed by atoms with E-state index in [0.717, 1.165) is 45.4 Å². The molecule has 18 heavy (non-hydrogen) atoms. The molecule has 0 amide bonds. The number of ether oxygens (including phenoxy) is 2. The van der Waals surface area contributed by atoms with Gasteiger partial charge in [-0.2, -0.15) is 5.10 Å². The molecule has 0 aromatic carbocycles. The predicted octanol–water partition coefficient (Wildman–Crippen LogP) is 1.21. The lowest BCUT2D eigenvalue weighted by Crippen LogP contribution is -2.43. The third-order valence-corrected chi connectivity index (χ3v) is 3.95. The highest BCUT2D eigenvalue weighted by Crippen LogP contribution is 2.25. The lowest BCUT2D eigenvalue weighted by Gasteiger charge is -2.38. The zero-order valence-corrected chi connectivity index (χ0v) is 10.7. The summed E-state index contributed by atoms with van der Waals surface area (Å²) in [6, 6.07) is 2.39. The average molecular weight is 251 g/mol. The summed E-state index contributed by atoms with van der Waals surface area (Å²) in [5, 5.41) is 7.13. The van der Waals surface area contributed by atoms with E-state index in [2.05, 4.69) is 21.2 Å². The van der Waals surface area contributed by atoms with Crippen molar-refractivity contribution in [2.24, 2.45) is 5.92 Å². The molecule has 100 valence electrons. The minimum Gasteiger partial charge on any atom is -0.381 e. The van der Waals surface area contributed by atoms with E-state index < -0.39 is 0 Å². The fourth-order valence-electron chi connectivity index (χ4n) is 2.86. The molecular formula is C13H21N3O2. The first-order chi connectivity index (χ1) is 8.93. The number of nitrogens with one attached hydrogen (secondary N) is 1. The second-order valence-electron chi connectivity index (χ2n) is 5.15. The maximum Gasteiger partial charge on any atom is 0.0752 e. The first-order valence-corrected chi connectivity index (χ1v) is 6.82. The topological polar surface area (TPSA) is 50.4 Å². The van der Waals surface area contributed by atoms with Crippen molar-refractivity contribution in [2.45, 2.75) is 18.9 Å². The van der Waals surface area contributed by atoms with Gasteiger partial charge < -0.3 is 9.47 Å². The highest BCUT2D eigenvalue weighted by Gasteiger charge is 2.28. The molecule has 2 aliphatic rings. The Hall–Kier alpha value is -0.910. The van der Waals surface area contributed by atoms with Crippen LogP contribution in [0.4, 0.5) is 0 Å². The van der Waals surface area contributed by atoms with Gasteiger partial charge in [0.05, 0.1) is 24.9 Å². The van der Waals surface area contributed by atoms with E-state index in [4.69, 9.17) is 9.47 Å². The molecule has 1 aromatic heterocycles. The summed E-state index contributed by atoms with van der Waals surface area (Å²) in [7, 11) is 0. The summed E-state index contributed by atoms with van der Waals surface area (Å²) in [6.07, 6.45) is 4.19. The first kappa shape index (κ1) is 12.1.